The number of carbonyl (C=O) groups is 4. The number of allylic oxidation sites excluding steroid dienone is 6. The van der Waals surface area contributed by atoms with Crippen LogP contribution in [0.15, 0.2) is 36.5 Å². The van der Waals surface area contributed by atoms with E-state index in [1.54, 1.807) is 0 Å². The SMILES string of the molecule is CCCC/C=C\CCCCCCCC(=O)OCC(COP(=O)(O)OCC(O)COP(=O)(O)OCC(COC(=O)CCCCCCC/C=C\C/C=C\CCCCC)OC(=O)CCCCCCCCCCCCCCCCC)OC(=O)CCCCCCCCCCCCC. The molecule has 0 aliphatic rings. The van der Waals surface area contributed by atoms with E-state index in [1.165, 1.54) is 135 Å². The zero-order valence-electron chi connectivity index (χ0n) is 58.7. The summed E-state index contributed by atoms with van der Waals surface area (Å²) in [6, 6.07) is 0. The Labute approximate surface area is 560 Å². The molecular weight excluding hydrogens is 1210 g/mol. The molecule has 0 saturated carbocycles. The second-order valence-corrected chi connectivity index (χ2v) is 28.2. The minimum Gasteiger partial charge on any atom is -0.462 e. The van der Waals surface area contributed by atoms with Crippen molar-refractivity contribution in [1.82, 2.24) is 0 Å². The molecule has 0 aromatic rings. The number of unbranched alkanes of at least 4 members (excludes halogenated alkanes) is 39. The predicted octanol–water partition coefficient (Wildman–Crippen LogP) is 20.8. The summed E-state index contributed by atoms with van der Waals surface area (Å²) >= 11 is 0. The van der Waals surface area contributed by atoms with Crippen LogP contribution in [0.2, 0.25) is 0 Å². The Bertz CT molecular complexity index is 1900. The molecule has 0 aliphatic heterocycles. The Hall–Kier alpha value is -2.72. The lowest BCUT2D eigenvalue weighted by Gasteiger charge is -2.21. The van der Waals surface area contributed by atoms with Crippen LogP contribution in [-0.4, -0.2) is 96.7 Å². The van der Waals surface area contributed by atoms with Crippen LogP contribution >= 0.6 is 15.6 Å². The highest BCUT2D eigenvalue weighted by atomic mass is 31.2. The van der Waals surface area contributed by atoms with Gasteiger partial charge >= 0.3 is 39.5 Å². The summed E-state index contributed by atoms with van der Waals surface area (Å²) in [6.07, 6.45) is 60.0. The molecule has 0 saturated heterocycles. The summed E-state index contributed by atoms with van der Waals surface area (Å²) in [5.41, 5.74) is 0. The van der Waals surface area contributed by atoms with Crippen LogP contribution in [0.25, 0.3) is 0 Å². The lowest BCUT2D eigenvalue weighted by atomic mass is 10.0. The van der Waals surface area contributed by atoms with Crippen molar-refractivity contribution in [3.8, 4) is 0 Å². The first kappa shape index (κ1) is 89.3. The van der Waals surface area contributed by atoms with E-state index in [4.69, 9.17) is 37.0 Å². The summed E-state index contributed by atoms with van der Waals surface area (Å²) in [5, 5.41) is 10.6. The number of esters is 4. The fourth-order valence-corrected chi connectivity index (χ4v) is 11.9. The molecular formula is C73H136O17P2. The smallest absolute Gasteiger partial charge is 0.462 e. The molecule has 92 heavy (non-hydrogen) atoms. The fraction of sp³-hybridized carbons (Fsp3) is 0.863. The van der Waals surface area contributed by atoms with Gasteiger partial charge in [-0.2, -0.15) is 0 Å². The van der Waals surface area contributed by atoms with Crippen molar-refractivity contribution in [2.75, 3.05) is 39.6 Å². The molecule has 19 heteroatoms. The van der Waals surface area contributed by atoms with Gasteiger partial charge in [0.05, 0.1) is 26.4 Å². The largest absolute Gasteiger partial charge is 0.472 e. The third kappa shape index (κ3) is 65.9. The first-order valence-electron chi connectivity index (χ1n) is 37.2. The van der Waals surface area contributed by atoms with Crippen molar-refractivity contribution in [2.45, 2.75) is 367 Å². The minimum absolute atomic E-state index is 0.101. The molecule has 17 nitrogen and oxygen atoms in total. The van der Waals surface area contributed by atoms with E-state index in [-0.39, 0.29) is 25.7 Å². The van der Waals surface area contributed by atoms with Crippen LogP contribution in [-0.2, 0) is 65.4 Å². The number of aliphatic hydroxyl groups is 1. The number of aliphatic hydroxyl groups excluding tert-OH is 1. The van der Waals surface area contributed by atoms with Gasteiger partial charge < -0.3 is 33.8 Å². The molecule has 0 radical (unpaired) electrons. The van der Waals surface area contributed by atoms with Gasteiger partial charge in [0.25, 0.3) is 0 Å². The number of ether oxygens (including phenoxy) is 4. The van der Waals surface area contributed by atoms with E-state index < -0.39 is 97.5 Å². The van der Waals surface area contributed by atoms with Gasteiger partial charge in [0.15, 0.2) is 12.2 Å². The normalized spacial score (nSPS) is 14.2. The minimum atomic E-state index is -4.96. The summed E-state index contributed by atoms with van der Waals surface area (Å²) in [7, 11) is -9.92. The first-order valence-corrected chi connectivity index (χ1v) is 40.2. The number of carbonyl (C=O) groups excluding carboxylic acids is 4. The second-order valence-electron chi connectivity index (χ2n) is 25.2. The van der Waals surface area contributed by atoms with E-state index >= 15 is 0 Å². The molecule has 0 bridgehead atoms. The maximum absolute atomic E-state index is 13.0. The molecule has 0 aliphatic carbocycles. The Morgan fingerprint density at radius 3 is 0.870 bits per heavy atom. The molecule has 5 atom stereocenters. The molecule has 0 heterocycles. The van der Waals surface area contributed by atoms with Crippen LogP contribution in [0.1, 0.15) is 349 Å². The monoisotopic (exact) mass is 1350 g/mol. The number of phosphoric acid groups is 2. The zero-order chi connectivity index (χ0) is 67.5. The lowest BCUT2D eigenvalue weighted by Crippen LogP contribution is -2.30. The highest BCUT2D eigenvalue weighted by Gasteiger charge is 2.30. The van der Waals surface area contributed by atoms with E-state index in [1.807, 2.05) is 0 Å². The van der Waals surface area contributed by atoms with Crippen LogP contribution in [0.5, 0.6) is 0 Å². The first-order chi connectivity index (χ1) is 44.7. The number of hydrogen-bond donors (Lipinski definition) is 3. The third-order valence-electron chi connectivity index (χ3n) is 16.1. The Morgan fingerprint density at radius 1 is 0.304 bits per heavy atom. The quantitative estimate of drug-likeness (QED) is 0.0169. The number of hydrogen-bond acceptors (Lipinski definition) is 15. The molecule has 0 aromatic carbocycles. The molecule has 0 rings (SSSR count). The van der Waals surface area contributed by atoms with Crippen molar-refractivity contribution in [2.24, 2.45) is 0 Å². The van der Waals surface area contributed by atoms with Gasteiger partial charge in [-0.25, -0.2) is 9.13 Å². The van der Waals surface area contributed by atoms with Gasteiger partial charge in [0.2, 0.25) is 0 Å². The Balaban J connectivity index is 5.29. The lowest BCUT2D eigenvalue weighted by molar-refractivity contribution is -0.161. The Kier molecular flexibility index (Phi) is 64.9. The molecule has 0 spiro atoms. The molecule has 5 unspecified atom stereocenters. The third-order valence-corrected chi connectivity index (χ3v) is 18.0. The fourth-order valence-electron chi connectivity index (χ4n) is 10.4. The molecule has 540 valence electrons. The standard InChI is InChI=1S/C73H136O17P2/c1-5-9-13-17-21-25-29-31-33-35-39-42-46-50-54-58-71(76)84-64-69(90-73(78)60-56-52-48-44-40-36-34-32-30-26-22-18-14-10-6-2)66-88-92(81,82)86-62-67(74)61-85-91(79,80)87-65-68(89-72(77)59-55-51-47-43-38-28-24-20-16-12-8-4)63-83-70(75)57-53-49-45-41-37-27-23-19-15-11-7-3/h19,21,23,25,31,33,67-69,74H,5-18,20,22,24,26-30,32,34-66H2,1-4H3,(H,79,80)(H,81,82)/b23-19-,25-21-,33-31-. The van der Waals surface area contributed by atoms with Gasteiger partial charge in [-0.05, 0) is 77.0 Å². The van der Waals surface area contributed by atoms with E-state index in [2.05, 4.69) is 64.2 Å². The van der Waals surface area contributed by atoms with E-state index in [9.17, 15) is 43.2 Å². The van der Waals surface area contributed by atoms with Gasteiger partial charge in [0.1, 0.15) is 19.3 Å². The van der Waals surface area contributed by atoms with E-state index in [0.717, 1.165) is 135 Å². The second kappa shape index (κ2) is 66.9. The average molecular weight is 1350 g/mol. The molecule has 3 N–H and O–H groups in total. The van der Waals surface area contributed by atoms with Gasteiger partial charge in [-0.3, -0.25) is 37.3 Å². The molecule has 0 aromatic heterocycles. The maximum atomic E-state index is 13.0. The summed E-state index contributed by atoms with van der Waals surface area (Å²) in [4.78, 5) is 72.6. The van der Waals surface area contributed by atoms with E-state index in [0.29, 0.717) is 25.7 Å². The van der Waals surface area contributed by atoms with Gasteiger partial charge in [0, 0.05) is 25.7 Å². The van der Waals surface area contributed by atoms with Crippen LogP contribution < -0.4 is 0 Å². The molecule has 0 fully saturated rings. The highest BCUT2D eigenvalue weighted by Crippen LogP contribution is 2.45. The average Bonchev–Trinajstić information content (AvgIpc) is 2.39. The van der Waals surface area contributed by atoms with Crippen molar-refractivity contribution < 1.29 is 80.2 Å². The zero-order valence-corrected chi connectivity index (χ0v) is 60.5. The Morgan fingerprint density at radius 2 is 0.543 bits per heavy atom. The van der Waals surface area contributed by atoms with Crippen LogP contribution in [0, 0.1) is 0 Å². The summed E-state index contributed by atoms with van der Waals surface area (Å²) < 4.78 is 68.3. The predicted molar refractivity (Wildman–Crippen MR) is 372 cm³/mol. The van der Waals surface area contributed by atoms with Gasteiger partial charge in [-0.1, -0.05) is 282 Å². The maximum Gasteiger partial charge on any atom is 0.472 e. The van der Waals surface area contributed by atoms with Crippen LogP contribution in [0.4, 0.5) is 0 Å². The van der Waals surface area contributed by atoms with Crippen molar-refractivity contribution >= 4 is 39.5 Å². The van der Waals surface area contributed by atoms with Crippen LogP contribution in [0.3, 0.4) is 0 Å². The number of phosphoric ester groups is 2. The number of rotatable bonds is 71. The summed E-state index contributed by atoms with van der Waals surface area (Å²) in [6.45, 7) is 4.84. The van der Waals surface area contributed by atoms with Crippen molar-refractivity contribution in [3.05, 3.63) is 36.5 Å². The van der Waals surface area contributed by atoms with Crippen molar-refractivity contribution in [1.29, 1.82) is 0 Å². The molecule has 0 amide bonds. The summed E-state index contributed by atoms with van der Waals surface area (Å²) in [5.74, 6) is -2.16. The highest BCUT2D eigenvalue weighted by molar-refractivity contribution is 7.47. The topological polar surface area (TPSA) is 237 Å². The van der Waals surface area contributed by atoms with Crippen molar-refractivity contribution in [3.63, 3.8) is 0 Å². The van der Waals surface area contributed by atoms with Gasteiger partial charge in [-0.15, -0.1) is 0 Å².